The largest absolute Gasteiger partial charge is 0.369 e. The van der Waals surface area contributed by atoms with Crippen molar-refractivity contribution in [2.24, 2.45) is 0 Å². The van der Waals surface area contributed by atoms with Gasteiger partial charge in [0.25, 0.3) is 0 Å². The maximum Gasteiger partial charge on any atom is 0.229 e. The van der Waals surface area contributed by atoms with Gasteiger partial charge in [0.15, 0.2) is 10.3 Å². The van der Waals surface area contributed by atoms with E-state index in [9.17, 15) is 0 Å². The zero-order valence-corrected chi connectivity index (χ0v) is 18.0. The first kappa shape index (κ1) is 19.7. The van der Waals surface area contributed by atoms with Crippen LogP contribution in [0.2, 0.25) is 10.3 Å². The Kier molecular flexibility index (Phi) is 5.98. The lowest BCUT2D eigenvalue weighted by atomic mass is 10.3. The molecule has 4 aromatic rings. The number of rotatable bonds is 7. The Bertz CT molecular complexity index is 1100. The Hall–Kier alpha value is -2.62. The SMILES string of the molecule is Clc1ncn(-c2ccc(Nc3ncc(Br)c(NCCc4cnc[nH]4)n3)cc2)c1Cl. The molecule has 0 amide bonds. The first-order chi connectivity index (χ1) is 14.1. The van der Waals surface area contributed by atoms with Crippen molar-refractivity contribution in [3.05, 3.63) is 69.8 Å². The minimum Gasteiger partial charge on any atom is -0.369 e. The summed E-state index contributed by atoms with van der Waals surface area (Å²) in [5.41, 5.74) is 2.74. The number of aromatic amines is 1. The lowest BCUT2D eigenvalue weighted by Gasteiger charge is -2.11. The van der Waals surface area contributed by atoms with E-state index >= 15 is 0 Å². The first-order valence-corrected chi connectivity index (χ1v) is 10.1. The standard InChI is InChI=1S/C18H15BrCl2N8/c19-14-8-24-18(28-17(14)23-6-5-12-7-22-9-25-12)27-11-1-3-13(4-2-11)29-10-26-15(20)16(29)21/h1-4,7-10H,5-6H2,(H,22,25)(H2,23,24,27,28). The molecule has 8 nitrogen and oxygen atoms in total. The van der Waals surface area contributed by atoms with Crippen molar-refractivity contribution in [2.75, 3.05) is 17.2 Å². The van der Waals surface area contributed by atoms with Gasteiger partial charge in [0, 0.05) is 42.4 Å². The van der Waals surface area contributed by atoms with Crippen molar-refractivity contribution < 1.29 is 0 Å². The zero-order chi connectivity index (χ0) is 20.2. The number of hydrogen-bond acceptors (Lipinski definition) is 6. The van der Waals surface area contributed by atoms with Crippen LogP contribution in [0.3, 0.4) is 0 Å². The molecule has 1 aromatic carbocycles. The monoisotopic (exact) mass is 492 g/mol. The van der Waals surface area contributed by atoms with Gasteiger partial charge in [-0.15, -0.1) is 0 Å². The highest BCUT2D eigenvalue weighted by Gasteiger charge is 2.09. The molecule has 0 radical (unpaired) electrons. The number of imidazole rings is 2. The maximum absolute atomic E-state index is 6.14. The molecule has 0 spiro atoms. The highest BCUT2D eigenvalue weighted by atomic mass is 79.9. The number of H-pyrrole nitrogens is 1. The van der Waals surface area contributed by atoms with Crippen LogP contribution in [-0.2, 0) is 6.42 Å². The average molecular weight is 494 g/mol. The van der Waals surface area contributed by atoms with Crippen LogP contribution in [0.25, 0.3) is 5.69 Å². The molecule has 0 saturated heterocycles. The number of nitrogens with zero attached hydrogens (tertiary/aromatic N) is 5. The molecule has 0 aliphatic rings. The van der Waals surface area contributed by atoms with Gasteiger partial charge in [-0.2, -0.15) is 4.98 Å². The molecule has 11 heteroatoms. The number of anilines is 3. The van der Waals surface area contributed by atoms with E-state index < -0.39 is 0 Å². The molecular formula is C18H15BrCl2N8. The second-order valence-electron chi connectivity index (χ2n) is 6.01. The predicted octanol–water partition coefficient (Wildman–Crippen LogP) is 4.85. The molecule has 3 aromatic heterocycles. The Balaban J connectivity index is 1.43. The van der Waals surface area contributed by atoms with E-state index in [1.54, 1.807) is 29.6 Å². The lowest BCUT2D eigenvalue weighted by Crippen LogP contribution is -2.09. The normalized spacial score (nSPS) is 10.9. The molecule has 148 valence electrons. The summed E-state index contributed by atoms with van der Waals surface area (Å²) in [6, 6.07) is 7.59. The summed E-state index contributed by atoms with van der Waals surface area (Å²) >= 11 is 15.5. The van der Waals surface area contributed by atoms with Crippen molar-refractivity contribution >= 4 is 56.6 Å². The minimum atomic E-state index is 0.268. The Morgan fingerprint density at radius 3 is 2.62 bits per heavy atom. The van der Waals surface area contributed by atoms with E-state index in [1.165, 1.54) is 0 Å². The number of benzene rings is 1. The van der Waals surface area contributed by atoms with Crippen LogP contribution < -0.4 is 10.6 Å². The van der Waals surface area contributed by atoms with Gasteiger partial charge in [-0.3, -0.25) is 4.57 Å². The van der Waals surface area contributed by atoms with Gasteiger partial charge in [-0.1, -0.05) is 23.2 Å². The third-order valence-electron chi connectivity index (χ3n) is 4.06. The molecule has 4 rings (SSSR count). The van der Waals surface area contributed by atoms with Crippen LogP contribution in [0.5, 0.6) is 0 Å². The first-order valence-electron chi connectivity index (χ1n) is 8.59. The second-order valence-corrected chi connectivity index (χ2v) is 7.58. The molecule has 0 unspecified atom stereocenters. The van der Waals surface area contributed by atoms with Crippen molar-refractivity contribution in [1.82, 2.24) is 29.5 Å². The fourth-order valence-electron chi connectivity index (χ4n) is 2.61. The molecule has 0 fully saturated rings. The highest BCUT2D eigenvalue weighted by molar-refractivity contribution is 9.10. The van der Waals surface area contributed by atoms with E-state index in [2.05, 4.69) is 51.5 Å². The predicted molar refractivity (Wildman–Crippen MR) is 117 cm³/mol. The van der Waals surface area contributed by atoms with Gasteiger partial charge in [-0.25, -0.2) is 15.0 Å². The molecule has 0 atom stereocenters. The van der Waals surface area contributed by atoms with Crippen LogP contribution in [0.1, 0.15) is 5.69 Å². The van der Waals surface area contributed by atoms with Crippen LogP contribution in [0.4, 0.5) is 17.5 Å². The van der Waals surface area contributed by atoms with Crippen molar-refractivity contribution in [3.8, 4) is 5.69 Å². The van der Waals surface area contributed by atoms with Gasteiger partial charge < -0.3 is 15.6 Å². The van der Waals surface area contributed by atoms with Gasteiger partial charge >= 0.3 is 0 Å². The fraction of sp³-hybridized carbons (Fsp3) is 0.111. The fourth-order valence-corrected chi connectivity index (χ4v) is 3.27. The summed E-state index contributed by atoms with van der Waals surface area (Å²) in [4.78, 5) is 19.9. The summed E-state index contributed by atoms with van der Waals surface area (Å²) in [6.45, 7) is 0.709. The third-order valence-corrected chi connectivity index (χ3v) is 5.37. The van der Waals surface area contributed by atoms with Crippen molar-refractivity contribution in [3.63, 3.8) is 0 Å². The topological polar surface area (TPSA) is 96.3 Å². The molecule has 3 heterocycles. The number of nitrogens with one attached hydrogen (secondary N) is 3. The van der Waals surface area contributed by atoms with Gasteiger partial charge in [0.1, 0.15) is 12.1 Å². The zero-order valence-electron chi connectivity index (χ0n) is 14.9. The molecule has 0 bridgehead atoms. The number of hydrogen-bond donors (Lipinski definition) is 3. The average Bonchev–Trinajstić information content (AvgIpc) is 3.36. The van der Waals surface area contributed by atoms with Crippen molar-refractivity contribution in [1.29, 1.82) is 0 Å². The Morgan fingerprint density at radius 2 is 1.93 bits per heavy atom. The summed E-state index contributed by atoms with van der Waals surface area (Å²) in [5.74, 6) is 1.19. The van der Waals surface area contributed by atoms with Crippen LogP contribution in [-0.4, -0.2) is 36.0 Å². The molecule has 3 N–H and O–H groups in total. The Morgan fingerprint density at radius 1 is 1.10 bits per heavy atom. The minimum absolute atomic E-state index is 0.268. The van der Waals surface area contributed by atoms with E-state index in [0.717, 1.165) is 28.0 Å². The number of halogens is 3. The quantitative estimate of drug-likeness (QED) is 0.340. The van der Waals surface area contributed by atoms with E-state index in [0.29, 0.717) is 23.5 Å². The maximum atomic E-state index is 6.14. The van der Waals surface area contributed by atoms with Crippen molar-refractivity contribution in [2.45, 2.75) is 6.42 Å². The highest BCUT2D eigenvalue weighted by Crippen LogP contribution is 2.26. The third kappa shape index (κ3) is 4.69. The van der Waals surface area contributed by atoms with Gasteiger partial charge in [0.2, 0.25) is 5.95 Å². The lowest BCUT2D eigenvalue weighted by molar-refractivity contribution is 0.962. The summed E-state index contributed by atoms with van der Waals surface area (Å²) in [6.07, 6.45) is 7.56. The van der Waals surface area contributed by atoms with Crippen LogP contribution in [0.15, 0.2) is 53.8 Å². The van der Waals surface area contributed by atoms with Crippen LogP contribution in [0, 0.1) is 0 Å². The molecule has 0 aliphatic heterocycles. The van der Waals surface area contributed by atoms with Crippen LogP contribution >= 0.6 is 39.1 Å². The van der Waals surface area contributed by atoms with E-state index in [1.807, 2.05) is 24.3 Å². The van der Waals surface area contributed by atoms with Gasteiger partial charge in [0.05, 0.1) is 10.8 Å². The molecule has 0 aliphatic carbocycles. The second kappa shape index (κ2) is 8.81. The Labute approximate surface area is 184 Å². The van der Waals surface area contributed by atoms with E-state index in [4.69, 9.17) is 23.2 Å². The van der Waals surface area contributed by atoms with Gasteiger partial charge in [-0.05, 0) is 40.2 Å². The molecule has 0 saturated carbocycles. The summed E-state index contributed by atoms with van der Waals surface area (Å²) in [7, 11) is 0. The summed E-state index contributed by atoms with van der Waals surface area (Å²) < 4.78 is 2.49. The van der Waals surface area contributed by atoms with E-state index in [-0.39, 0.29) is 5.15 Å². The molecule has 29 heavy (non-hydrogen) atoms. The smallest absolute Gasteiger partial charge is 0.229 e. The molecular weight excluding hydrogens is 479 g/mol. The summed E-state index contributed by atoms with van der Waals surface area (Å²) in [5, 5.41) is 7.12. The number of aromatic nitrogens is 6.